The lowest BCUT2D eigenvalue weighted by molar-refractivity contribution is -0.133. The first-order valence-electron chi connectivity index (χ1n) is 11.5. The Kier molecular flexibility index (Phi) is 6.12. The molecule has 2 unspecified atom stereocenters. The number of nitrogens with zero attached hydrogens (tertiary/aromatic N) is 2. The lowest BCUT2D eigenvalue weighted by Gasteiger charge is -2.44. The Labute approximate surface area is 207 Å². The maximum atomic E-state index is 13.9. The number of nitrogens with one attached hydrogen (secondary N) is 1. The lowest BCUT2D eigenvalue weighted by Crippen LogP contribution is -2.64. The van der Waals surface area contributed by atoms with Gasteiger partial charge < -0.3 is 24.3 Å². The Bertz CT molecular complexity index is 1250. The second kappa shape index (κ2) is 9.07. The molecule has 1 fully saturated rings. The number of ether oxygens (including phenoxy) is 2. The summed E-state index contributed by atoms with van der Waals surface area (Å²) in [5.41, 5.74) is 1.32. The van der Waals surface area contributed by atoms with Crippen LogP contribution >= 0.6 is 15.9 Å². The molecule has 2 aromatic carbocycles. The highest BCUT2D eigenvalue weighted by atomic mass is 79.9. The fraction of sp³-hybridized carbons (Fsp3) is 0.385. The molecule has 1 N–H and O–H groups in total. The number of hydrogen-bond donors (Lipinski definition) is 1. The molecule has 0 aliphatic carbocycles. The largest absolute Gasteiger partial charge is 0.497 e. The molecule has 2 aliphatic heterocycles. The monoisotopic (exact) mass is 525 g/mol. The van der Waals surface area contributed by atoms with Crippen LogP contribution in [-0.2, 0) is 22.6 Å². The van der Waals surface area contributed by atoms with E-state index in [1.54, 1.807) is 12.0 Å². The number of carbonyl (C=O) groups excluding carboxylic acids is 2. The number of rotatable bonds is 6. The Morgan fingerprint density at radius 1 is 1.26 bits per heavy atom. The minimum Gasteiger partial charge on any atom is -0.497 e. The first-order valence-corrected chi connectivity index (χ1v) is 12.3. The van der Waals surface area contributed by atoms with Gasteiger partial charge in [0.05, 0.1) is 25.3 Å². The average molecular weight is 526 g/mol. The van der Waals surface area contributed by atoms with Crippen molar-refractivity contribution in [3.8, 4) is 5.75 Å². The summed E-state index contributed by atoms with van der Waals surface area (Å²) in [5, 5.41) is 4.01. The second-order valence-corrected chi connectivity index (χ2v) is 10.1. The van der Waals surface area contributed by atoms with Gasteiger partial charge in [-0.3, -0.25) is 9.59 Å². The van der Waals surface area contributed by atoms with Gasteiger partial charge in [-0.05, 0) is 55.7 Å². The van der Waals surface area contributed by atoms with E-state index in [9.17, 15) is 9.59 Å². The maximum Gasteiger partial charge on any atom is 0.271 e. The quantitative estimate of drug-likeness (QED) is 0.525. The average Bonchev–Trinajstić information content (AvgIpc) is 3.48. The van der Waals surface area contributed by atoms with Crippen molar-refractivity contribution in [2.24, 2.45) is 0 Å². The van der Waals surface area contributed by atoms with E-state index < -0.39 is 5.54 Å². The summed E-state index contributed by atoms with van der Waals surface area (Å²) in [6.45, 7) is 3.69. The van der Waals surface area contributed by atoms with Gasteiger partial charge >= 0.3 is 0 Å². The van der Waals surface area contributed by atoms with Gasteiger partial charge in [0.15, 0.2) is 0 Å². The maximum absolute atomic E-state index is 13.9. The molecule has 0 saturated carbocycles. The summed E-state index contributed by atoms with van der Waals surface area (Å²) in [5.74, 6) is 0.361. The molecule has 5 rings (SSSR count). The zero-order valence-corrected chi connectivity index (χ0v) is 20.9. The van der Waals surface area contributed by atoms with Crippen molar-refractivity contribution >= 4 is 38.6 Å². The van der Waals surface area contributed by atoms with Gasteiger partial charge in [0, 0.05) is 35.6 Å². The van der Waals surface area contributed by atoms with Crippen molar-refractivity contribution in [3.05, 3.63) is 64.3 Å². The van der Waals surface area contributed by atoms with E-state index in [2.05, 4.69) is 21.2 Å². The Morgan fingerprint density at radius 2 is 2.12 bits per heavy atom. The van der Waals surface area contributed by atoms with Gasteiger partial charge in [-0.2, -0.15) is 0 Å². The molecule has 34 heavy (non-hydrogen) atoms. The Morgan fingerprint density at radius 3 is 2.85 bits per heavy atom. The molecular weight excluding hydrogens is 498 g/mol. The smallest absolute Gasteiger partial charge is 0.271 e. The summed E-state index contributed by atoms with van der Waals surface area (Å²) in [4.78, 5) is 29.2. The minimum absolute atomic E-state index is 0.0256. The van der Waals surface area contributed by atoms with Crippen molar-refractivity contribution in [2.45, 2.75) is 44.5 Å². The number of halogens is 1. The molecule has 1 saturated heterocycles. The molecule has 178 valence electrons. The number of fused-ring (bicyclic) bond motifs is 3. The van der Waals surface area contributed by atoms with E-state index in [-0.39, 0.29) is 17.9 Å². The zero-order chi connectivity index (χ0) is 23.9. The molecule has 2 aliphatic rings. The topological polar surface area (TPSA) is 72.8 Å². The number of amides is 2. The normalized spacial score (nSPS) is 22.1. The molecule has 3 aromatic rings. The number of benzene rings is 2. The molecular formula is C26H28BrN3O4. The highest BCUT2D eigenvalue weighted by Crippen LogP contribution is 2.35. The van der Waals surface area contributed by atoms with Crippen LogP contribution in [0.2, 0.25) is 0 Å². The summed E-state index contributed by atoms with van der Waals surface area (Å²) >= 11 is 3.51. The Hall–Kier alpha value is -2.84. The van der Waals surface area contributed by atoms with Gasteiger partial charge in [-0.15, -0.1) is 0 Å². The van der Waals surface area contributed by atoms with E-state index in [1.165, 1.54) is 0 Å². The van der Waals surface area contributed by atoms with E-state index in [4.69, 9.17) is 9.47 Å². The van der Waals surface area contributed by atoms with Gasteiger partial charge in [0.1, 0.15) is 17.0 Å². The van der Waals surface area contributed by atoms with E-state index in [1.807, 2.05) is 60.0 Å². The van der Waals surface area contributed by atoms with Crippen molar-refractivity contribution in [1.29, 1.82) is 0 Å². The van der Waals surface area contributed by atoms with Crippen LogP contribution in [0.1, 0.15) is 35.8 Å². The van der Waals surface area contributed by atoms with Crippen molar-refractivity contribution in [2.75, 3.05) is 20.3 Å². The van der Waals surface area contributed by atoms with Gasteiger partial charge in [-0.1, -0.05) is 28.1 Å². The van der Waals surface area contributed by atoms with E-state index >= 15 is 0 Å². The standard InChI is InChI=1S/C26H28BrN3O4/c1-26(25(32)28-14-21-7-4-10-34-21)16-29-22-13-20(33-2)9-8-18(22)12-23(29)24(31)30(26)15-17-5-3-6-19(27)11-17/h3,5-6,8-9,11-13,21H,4,7,10,14-16H2,1-2H3,(H,28,32). The number of methoxy groups -OCH3 is 1. The fourth-order valence-corrected chi connectivity index (χ4v) is 5.37. The molecule has 2 atom stereocenters. The Balaban J connectivity index is 1.54. The third kappa shape index (κ3) is 4.09. The third-order valence-corrected chi connectivity index (χ3v) is 7.36. The third-order valence-electron chi connectivity index (χ3n) is 6.87. The number of carbonyl (C=O) groups is 2. The van der Waals surface area contributed by atoms with Crippen molar-refractivity contribution in [1.82, 2.24) is 14.8 Å². The first-order chi connectivity index (χ1) is 16.4. The minimum atomic E-state index is -1.08. The predicted molar refractivity (Wildman–Crippen MR) is 133 cm³/mol. The number of aromatic nitrogens is 1. The fourth-order valence-electron chi connectivity index (χ4n) is 4.93. The second-order valence-electron chi connectivity index (χ2n) is 9.18. The van der Waals surface area contributed by atoms with Crippen LogP contribution in [0, 0.1) is 0 Å². The predicted octanol–water partition coefficient (Wildman–Crippen LogP) is 4.12. The molecule has 1 aromatic heterocycles. The molecule has 0 spiro atoms. The summed E-state index contributed by atoms with van der Waals surface area (Å²) in [7, 11) is 1.62. The summed E-state index contributed by atoms with van der Waals surface area (Å²) < 4.78 is 14.0. The molecule has 0 radical (unpaired) electrons. The van der Waals surface area contributed by atoms with Crippen LogP contribution in [0.25, 0.3) is 10.9 Å². The van der Waals surface area contributed by atoms with Gasteiger partial charge in [0.2, 0.25) is 5.91 Å². The SMILES string of the molecule is COc1ccc2cc3n(c2c1)CC(C)(C(=O)NCC1CCCO1)N(Cc1cccc(Br)c1)C3=O. The molecule has 3 heterocycles. The van der Waals surface area contributed by atoms with Crippen LogP contribution in [0.3, 0.4) is 0 Å². The van der Waals surface area contributed by atoms with E-state index in [0.717, 1.165) is 40.4 Å². The molecule has 0 bridgehead atoms. The molecule has 7 nitrogen and oxygen atoms in total. The van der Waals surface area contributed by atoms with Crippen LogP contribution in [0.5, 0.6) is 5.75 Å². The van der Waals surface area contributed by atoms with E-state index in [0.29, 0.717) is 31.1 Å². The highest BCUT2D eigenvalue weighted by Gasteiger charge is 2.47. The lowest BCUT2D eigenvalue weighted by atomic mass is 9.93. The van der Waals surface area contributed by atoms with Gasteiger partial charge in [0.25, 0.3) is 5.91 Å². The molecule has 2 amide bonds. The number of hydrogen-bond acceptors (Lipinski definition) is 4. The summed E-state index contributed by atoms with van der Waals surface area (Å²) in [6.07, 6.45) is 1.97. The van der Waals surface area contributed by atoms with Crippen LogP contribution in [-0.4, -0.2) is 53.2 Å². The van der Waals surface area contributed by atoms with Crippen molar-refractivity contribution < 1.29 is 19.1 Å². The van der Waals surface area contributed by atoms with Crippen LogP contribution in [0.4, 0.5) is 0 Å². The van der Waals surface area contributed by atoms with Gasteiger partial charge in [-0.25, -0.2) is 0 Å². The van der Waals surface area contributed by atoms with Crippen LogP contribution in [0.15, 0.2) is 53.0 Å². The van der Waals surface area contributed by atoms with Crippen molar-refractivity contribution in [3.63, 3.8) is 0 Å². The summed E-state index contributed by atoms with van der Waals surface area (Å²) in [6, 6.07) is 15.5. The zero-order valence-electron chi connectivity index (χ0n) is 19.3. The highest BCUT2D eigenvalue weighted by molar-refractivity contribution is 9.10. The molecule has 8 heteroatoms. The first kappa shape index (κ1) is 22.9. The van der Waals surface area contributed by atoms with Crippen LogP contribution < -0.4 is 10.1 Å².